The van der Waals surface area contributed by atoms with Crippen LogP contribution in [-0.4, -0.2) is 0 Å². The first kappa shape index (κ1) is 20.8. The van der Waals surface area contributed by atoms with Crippen LogP contribution in [0.15, 0.2) is 36.4 Å². The van der Waals surface area contributed by atoms with E-state index in [-0.39, 0.29) is 42.2 Å². The second-order valence-corrected chi connectivity index (χ2v) is 5.57. The summed E-state index contributed by atoms with van der Waals surface area (Å²) in [5.41, 5.74) is 6.39. The van der Waals surface area contributed by atoms with Gasteiger partial charge in [0.2, 0.25) is 0 Å². The van der Waals surface area contributed by atoms with Crippen molar-refractivity contribution >= 4 is 0 Å². The Hall–Kier alpha value is -0.188. The molecule has 0 heterocycles. The maximum absolute atomic E-state index is 2.26. The normalized spacial score (nSPS) is 14.9. The molecule has 0 atom stereocenters. The number of halogens is 2. The van der Waals surface area contributed by atoms with E-state index in [1.807, 2.05) is 0 Å². The predicted molar refractivity (Wildman–Crippen MR) is 77.4 cm³/mol. The standard InChI is InChI=1S/2C9H11.2ClH.Cr/c2*1-2-5-9-7-3-6-8(9)4-1;;;/h2*3,6-7H,1-2,4-5H2;2*1H;/q2*-1;;;+4/p-2. The Morgan fingerprint density at radius 2 is 1.00 bits per heavy atom. The van der Waals surface area contributed by atoms with Crippen molar-refractivity contribution in [3.63, 3.8) is 0 Å². The number of rotatable bonds is 0. The molecule has 0 saturated heterocycles. The van der Waals surface area contributed by atoms with Crippen LogP contribution < -0.4 is 24.8 Å². The molecule has 0 saturated carbocycles. The third kappa shape index (κ3) is 5.50. The summed E-state index contributed by atoms with van der Waals surface area (Å²) in [6.45, 7) is 0. The molecule has 0 nitrogen and oxygen atoms in total. The van der Waals surface area contributed by atoms with Gasteiger partial charge in [-0.2, -0.15) is 46.5 Å². The van der Waals surface area contributed by atoms with Crippen LogP contribution in [0.4, 0.5) is 0 Å². The molecule has 0 unspecified atom stereocenters. The summed E-state index contributed by atoms with van der Waals surface area (Å²) >= 11 is 0. The van der Waals surface area contributed by atoms with Gasteiger partial charge in [-0.15, -0.1) is 0 Å². The second-order valence-electron chi connectivity index (χ2n) is 5.57. The van der Waals surface area contributed by atoms with Crippen LogP contribution in [0.1, 0.15) is 47.9 Å². The van der Waals surface area contributed by atoms with E-state index in [2.05, 4.69) is 36.4 Å². The topological polar surface area (TPSA) is 0 Å². The third-order valence-electron chi connectivity index (χ3n) is 4.30. The van der Waals surface area contributed by atoms with Crippen molar-refractivity contribution in [2.75, 3.05) is 0 Å². The summed E-state index contributed by atoms with van der Waals surface area (Å²) in [6.07, 6.45) is 10.9. The Morgan fingerprint density at radius 3 is 1.38 bits per heavy atom. The van der Waals surface area contributed by atoms with Gasteiger partial charge in [-0.25, -0.2) is 12.1 Å². The largest absolute Gasteiger partial charge is 4.00 e. The fourth-order valence-corrected chi connectivity index (χ4v) is 3.23. The van der Waals surface area contributed by atoms with Crippen LogP contribution in [0.3, 0.4) is 0 Å². The third-order valence-corrected chi connectivity index (χ3v) is 4.30. The monoisotopic (exact) mass is 360 g/mol. The van der Waals surface area contributed by atoms with Crippen molar-refractivity contribution in [1.82, 2.24) is 0 Å². The van der Waals surface area contributed by atoms with Gasteiger partial charge in [-0.3, -0.25) is 0 Å². The van der Waals surface area contributed by atoms with Crippen molar-refractivity contribution in [2.24, 2.45) is 0 Å². The SMILES string of the molecule is [Cl-].[Cl-].[Cr+4].c1cc2c([cH-]1)CCCC2.c1cc2c([cH-]1)CCCC2. The van der Waals surface area contributed by atoms with E-state index in [0.717, 1.165) is 0 Å². The summed E-state index contributed by atoms with van der Waals surface area (Å²) in [4.78, 5) is 0. The minimum atomic E-state index is 0. The molecule has 21 heavy (non-hydrogen) atoms. The first-order valence-corrected chi connectivity index (χ1v) is 7.40. The van der Waals surface area contributed by atoms with Crippen molar-refractivity contribution in [2.45, 2.75) is 51.4 Å². The van der Waals surface area contributed by atoms with E-state index in [1.165, 1.54) is 51.4 Å². The molecular weight excluding hydrogens is 339 g/mol. The van der Waals surface area contributed by atoms with Crippen LogP contribution in [0.25, 0.3) is 0 Å². The Morgan fingerprint density at radius 1 is 0.619 bits per heavy atom. The molecule has 0 radical (unpaired) electrons. The molecule has 4 rings (SSSR count). The van der Waals surface area contributed by atoms with Crippen molar-refractivity contribution in [1.29, 1.82) is 0 Å². The Balaban J connectivity index is 0.000000333. The van der Waals surface area contributed by atoms with Gasteiger partial charge >= 0.3 is 17.4 Å². The van der Waals surface area contributed by atoms with E-state index >= 15 is 0 Å². The average molecular weight is 361 g/mol. The van der Waals surface area contributed by atoms with Crippen LogP contribution in [0.2, 0.25) is 0 Å². The maximum Gasteiger partial charge on any atom is 4.00 e. The minimum absolute atomic E-state index is 0. The van der Waals surface area contributed by atoms with E-state index in [9.17, 15) is 0 Å². The number of fused-ring (bicyclic) bond motifs is 2. The zero-order chi connectivity index (χ0) is 12.2. The van der Waals surface area contributed by atoms with Gasteiger partial charge < -0.3 is 24.8 Å². The molecule has 3 heteroatoms. The van der Waals surface area contributed by atoms with Gasteiger partial charge in [0.05, 0.1) is 0 Å². The number of aryl methyl sites for hydroxylation is 4. The van der Waals surface area contributed by atoms with Crippen LogP contribution in [0, 0.1) is 0 Å². The summed E-state index contributed by atoms with van der Waals surface area (Å²) < 4.78 is 0. The minimum Gasteiger partial charge on any atom is -1.00 e. The molecule has 0 N–H and O–H groups in total. The number of hydrogen-bond acceptors (Lipinski definition) is 0. The van der Waals surface area contributed by atoms with E-state index in [4.69, 9.17) is 0 Å². The quantitative estimate of drug-likeness (QED) is 0.505. The van der Waals surface area contributed by atoms with Gasteiger partial charge in [0.25, 0.3) is 0 Å². The molecule has 0 aromatic heterocycles. The molecule has 2 aromatic rings. The van der Waals surface area contributed by atoms with Crippen LogP contribution in [0.5, 0.6) is 0 Å². The Bertz CT molecular complexity index is 412. The fraction of sp³-hybridized carbons (Fsp3) is 0.444. The summed E-state index contributed by atoms with van der Waals surface area (Å²) in [7, 11) is 0. The molecule has 2 aromatic carbocycles. The van der Waals surface area contributed by atoms with Gasteiger partial charge in [-0.1, -0.05) is 51.4 Å². The van der Waals surface area contributed by atoms with E-state index in [1.54, 1.807) is 22.3 Å². The molecule has 0 spiro atoms. The Labute approximate surface area is 152 Å². The van der Waals surface area contributed by atoms with Gasteiger partial charge in [-0.05, 0) is 0 Å². The van der Waals surface area contributed by atoms with Gasteiger partial charge in [0, 0.05) is 0 Å². The molecular formula is C18H22Cl2Cr. The van der Waals surface area contributed by atoms with Crippen molar-refractivity contribution < 1.29 is 42.2 Å². The fourth-order valence-electron chi connectivity index (χ4n) is 3.23. The maximum atomic E-state index is 2.26. The summed E-state index contributed by atoms with van der Waals surface area (Å²) in [6, 6.07) is 13.4. The Kier molecular flexibility index (Phi) is 10.4. The molecule has 2 aliphatic rings. The van der Waals surface area contributed by atoms with E-state index < -0.39 is 0 Å². The summed E-state index contributed by atoms with van der Waals surface area (Å²) in [5.74, 6) is 0. The number of hydrogen-bond donors (Lipinski definition) is 0. The molecule has 0 aliphatic heterocycles. The molecule has 0 amide bonds. The summed E-state index contributed by atoms with van der Waals surface area (Å²) in [5, 5.41) is 0. The molecule has 2 aliphatic carbocycles. The van der Waals surface area contributed by atoms with E-state index in [0.29, 0.717) is 0 Å². The molecule has 0 fully saturated rings. The average Bonchev–Trinajstić information content (AvgIpc) is 3.08. The van der Waals surface area contributed by atoms with Gasteiger partial charge in [0.1, 0.15) is 0 Å². The second kappa shape index (κ2) is 10.5. The van der Waals surface area contributed by atoms with Crippen molar-refractivity contribution in [3.8, 4) is 0 Å². The van der Waals surface area contributed by atoms with Crippen LogP contribution >= 0.6 is 0 Å². The first-order chi connectivity index (χ1) is 8.93. The molecule has 0 bridgehead atoms. The van der Waals surface area contributed by atoms with Crippen LogP contribution in [-0.2, 0) is 43.0 Å². The van der Waals surface area contributed by atoms with Crippen molar-refractivity contribution in [3.05, 3.63) is 58.7 Å². The zero-order valence-corrected chi connectivity index (χ0v) is 15.1. The predicted octanol–water partition coefficient (Wildman–Crippen LogP) is -1.43. The molecule has 114 valence electrons. The first-order valence-electron chi connectivity index (χ1n) is 7.40. The smallest absolute Gasteiger partial charge is 1.00 e. The zero-order valence-electron chi connectivity index (χ0n) is 12.3. The van der Waals surface area contributed by atoms with Gasteiger partial charge in [0.15, 0.2) is 0 Å².